The third kappa shape index (κ3) is 6.11. The number of furan rings is 1. The highest BCUT2D eigenvalue weighted by molar-refractivity contribution is 5.94. The van der Waals surface area contributed by atoms with E-state index in [2.05, 4.69) is 11.2 Å². The Balaban J connectivity index is 1.43. The second-order valence-corrected chi connectivity index (χ2v) is 15.2. The van der Waals surface area contributed by atoms with Gasteiger partial charge in [-0.2, -0.15) is 0 Å². The molecule has 1 aromatic heterocycles. The van der Waals surface area contributed by atoms with E-state index >= 15 is 0 Å². The van der Waals surface area contributed by atoms with Gasteiger partial charge in [0.05, 0.1) is 36.1 Å². The lowest BCUT2D eigenvalue weighted by Crippen LogP contribution is -2.81. The first-order valence-corrected chi connectivity index (χ1v) is 17.7. The van der Waals surface area contributed by atoms with Crippen molar-refractivity contribution in [2.45, 2.75) is 101 Å². The van der Waals surface area contributed by atoms with Gasteiger partial charge in [0.15, 0.2) is 11.9 Å². The molecule has 4 aliphatic rings. The quantitative estimate of drug-likeness (QED) is 0.0702. The standard InChI is InChI=1S/C39H45NO14/c1-6-7-15-51-35(47)40-27(22-14-11-16-50-22)29(43)34(46)53-23-18-39(49)32(54-33(45)21-12-9-8-10-13-21)30-37(5,24(41)17-25-38(30,48)19-52-25)31(44)28(42)26(20(23)2)36(39,3)4/h1,8-14,16,23-25,27-30,32,41-43,48-49H,7,15,17-19H2,2-5H3,(H,40,47)/t23-,24-,25+,27-,28+,29+,30-,32-,37+,38-,39+/m0/s1. The molecule has 6 N–H and O–H groups in total. The van der Waals surface area contributed by atoms with E-state index in [0.717, 1.165) is 0 Å². The van der Waals surface area contributed by atoms with Crippen LogP contribution in [0, 0.1) is 29.1 Å². The lowest BCUT2D eigenvalue weighted by Gasteiger charge is -2.66. The minimum absolute atomic E-state index is 0.0356. The number of benzene rings is 1. The number of carbonyl (C=O) groups is 4. The number of fused-ring (bicyclic) bond motifs is 5. The maximum Gasteiger partial charge on any atom is 0.407 e. The predicted octanol–water partition coefficient (Wildman–Crippen LogP) is 1.51. The first-order chi connectivity index (χ1) is 25.4. The highest BCUT2D eigenvalue weighted by atomic mass is 16.6. The van der Waals surface area contributed by atoms with Crippen molar-refractivity contribution in [2.24, 2.45) is 16.7 Å². The average molecular weight is 752 g/mol. The summed E-state index contributed by atoms with van der Waals surface area (Å²) in [5.74, 6) is -2.39. The van der Waals surface area contributed by atoms with Crippen molar-refractivity contribution in [1.29, 1.82) is 0 Å². The van der Waals surface area contributed by atoms with Crippen LogP contribution in [0.4, 0.5) is 4.79 Å². The van der Waals surface area contributed by atoms with E-state index in [9.17, 15) is 44.7 Å². The fourth-order valence-corrected chi connectivity index (χ4v) is 8.87. The molecule has 6 rings (SSSR count). The molecule has 1 amide bonds. The zero-order chi connectivity index (χ0) is 39.4. The Kier molecular flexibility index (Phi) is 10.3. The van der Waals surface area contributed by atoms with Crippen LogP contribution < -0.4 is 5.32 Å². The minimum Gasteiger partial charge on any atom is -0.467 e. The fourth-order valence-electron chi connectivity index (χ4n) is 8.87. The van der Waals surface area contributed by atoms with Gasteiger partial charge in [-0.25, -0.2) is 14.4 Å². The van der Waals surface area contributed by atoms with Gasteiger partial charge in [0.1, 0.15) is 47.9 Å². The van der Waals surface area contributed by atoms with Crippen LogP contribution in [0.25, 0.3) is 0 Å². The highest BCUT2D eigenvalue weighted by Gasteiger charge is 2.76. The molecule has 1 aromatic carbocycles. The Labute approximate surface area is 311 Å². The zero-order valence-electron chi connectivity index (χ0n) is 30.3. The number of esters is 2. The number of rotatable bonds is 9. The van der Waals surface area contributed by atoms with Crippen LogP contribution in [0.3, 0.4) is 0 Å². The zero-order valence-corrected chi connectivity index (χ0v) is 30.3. The van der Waals surface area contributed by atoms with E-state index in [1.165, 1.54) is 58.2 Å². The van der Waals surface area contributed by atoms with Crippen LogP contribution in [0.5, 0.6) is 0 Å². The average Bonchev–Trinajstić information content (AvgIpc) is 3.67. The lowest BCUT2D eigenvalue weighted by atomic mass is 9.44. The number of Topliss-reactive ketones (excluding diaryl/α,β-unsaturated/α-hetero) is 1. The summed E-state index contributed by atoms with van der Waals surface area (Å²) >= 11 is 0. The van der Waals surface area contributed by atoms with E-state index in [-0.39, 0.29) is 48.5 Å². The van der Waals surface area contributed by atoms with Crippen molar-refractivity contribution in [3.63, 3.8) is 0 Å². The predicted molar refractivity (Wildman–Crippen MR) is 185 cm³/mol. The van der Waals surface area contributed by atoms with Crippen LogP contribution in [-0.4, -0.2) is 110 Å². The molecule has 290 valence electrons. The van der Waals surface area contributed by atoms with Gasteiger partial charge in [0.25, 0.3) is 0 Å². The van der Waals surface area contributed by atoms with Gasteiger partial charge in [-0.3, -0.25) is 4.79 Å². The van der Waals surface area contributed by atoms with Gasteiger partial charge in [0, 0.05) is 30.6 Å². The van der Waals surface area contributed by atoms with Crippen LogP contribution >= 0.6 is 0 Å². The first kappa shape index (κ1) is 39.1. The van der Waals surface area contributed by atoms with Crippen molar-refractivity contribution >= 4 is 23.8 Å². The second kappa shape index (κ2) is 14.3. The molecule has 2 bridgehead atoms. The molecule has 3 fully saturated rings. The van der Waals surface area contributed by atoms with Crippen LogP contribution in [-0.2, 0) is 28.5 Å². The summed E-state index contributed by atoms with van der Waals surface area (Å²) in [5, 5.41) is 62.6. The van der Waals surface area contributed by atoms with Gasteiger partial charge >= 0.3 is 18.0 Å². The summed E-state index contributed by atoms with van der Waals surface area (Å²) in [7, 11) is 0. The molecule has 2 heterocycles. The van der Waals surface area contributed by atoms with Crippen molar-refractivity contribution in [1.82, 2.24) is 5.32 Å². The van der Waals surface area contributed by atoms with Crippen LogP contribution in [0.1, 0.15) is 69.1 Å². The Hall–Kier alpha value is -4.56. The van der Waals surface area contributed by atoms with Crippen molar-refractivity contribution in [2.75, 3.05) is 13.2 Å². The molecule has 54 heavy (non-hydrogen) atoms. The number of alkyl carbamates (subject to hydrolysis) is 1. The minimum atomic E-state index is -2.33. The smallest absolute Gasteiger partial charge is 0.407 e. The topological polar surface area (TPSA) is 232 Å². The molecule has 1 saturated heterocycles. The normalized spacial score (nSPS) is 35.0. The molecule has 15 nitrogen and oxygen atoms in total. The molecule has 2 saturated carbocycles. The van der Waals surface area contributed by atoms with E-state index in [0.29, 0.717) is 0 Å². The molecular formula is C39H45NO14. The maximum atomic E-state index is 14.6. The summed E-state index contributed by atoms with van der Waals surface area (Å²) in [6.45, 7) is 5.43. The van der Waals surface area contributed by atoms with E-state index in [1.807, 2.05) is 0 Å². The molecule has 11 atom stereocenters. The molecule has 1 aliphatic heterocycles. The maximum absolute atomic E-state index is 14.6. The molecule has 0 radical (unpaired) electrons. The summed E-state index contributed by atoms with van der Waals surface area (Å²) in [6.07, 6.45) is -5.03. The van der Waals surface area contributed by atoms with E-state index in [4.69, 9.17) is 29.8 Å². The van der Waals surface area contributed by atoms with Gasteiger partial charge in [-0.05, 0) is 49.3 Å². The Bertz CT molecular complexity index is 1850. The Morgan fingerprint density at radius 2 is 1.78 bits per heavy atom. The number of aliphatic hydroxyl groups excluding tert-OH is 3. The number of amides is 1. The largest absolute Gasteiger partial charge is 0.467 e. The van der Waals surface area contributed by atoms with Crippen LogP contribution in [0.15, 0.2) is 64.3 Å². The molecule has 2 aromatic rings. The number of ketones is 1. The lowest BCUT2D eigenvalue weighted by molar-refractivity contribution is -0.343. The first-order valence-electron chi connectivity index (χ1n) is 17.7. The number of aliphatic hydroxyl groups is 5. The summed E-state index contributed by atoms with van der Waals surface area (Å²) in [6, 6.07) is 9.16. The molecule has 0 unspecified atom stereocenters. The molecule has 15 heteroatoms. The number of carbonyl (C=O) groups excluding carboxylic acids is 4. The number of nitrogens with one attached hydrogen (secondary N) is 1. The van der Waals surface area contributed by atoms with E-state index < -0.39 is 101 Å². The van der Waals surface area contributed by atoms with Gasteiger partial charge in [-0.15, -0.1) is 12.3 Å². The van der Waals surface area contributed by atoms with Crippen molar-refractivity contribution in [3.8, 4) is 12.3 Å². The number of ether oxygens (including phenoxy) is 4. The summed E-state index contributed by atoms with van der Waals surface area (Å²) in [5.41, 5.74) is -7.68. The fraction of sp³-hybridized carbons (Fsp3) is 0.538. The molecular weight excluding hydrogens is 706 g/mol. The SMILES string of the molecule is C#CCCOC(=O)N[C@@H](c1ccco1)[C@@H](O)C(=O)O[C@H]1C[C@@]2(O)[C@@H](OC(=O)c3ccccc3)[C@@H]3[C@]4(O)CO[C@@H]4C[C@H](O)[C@@]3(C)C(=O)[C@H](O)C(=C1C)C2(C)C. The second-order valence-electron chi connectivity index (χ2n) is 15.2. The Morgan fingerprint density at radius 3 is 2.39 bits per heavy atom. The summed E-state index contributed by atoms with van der Waals surface area (Å²) in [4.78, 5) is 54.9. The molecule has 3 aliphatic carbocycles. The number of hydrogen-bond acceptors (Lipinski definition) is 14. The van der Waals surface area contributed by atoms with Gasteiger partial charge < -0.3 is 54.2 Å². The highest BCUT2D eigenvalue weighted by Crippen LogP contribution is 2.63. The number of terminal acetylenes is 1. The van der Waals surface area contributed by atoms with Crippen molar-refractivity contribution in [3.05, 3.63) is 71.2 Å². The van der Waals surface area contributed by atoms with Crippen molar-refractivity contribution < 1.29 is 68.1 Å². The third-order valence-corrected chi connectivity index (χ3v) is 12.0. The Morgan fingerprint density at radius 1 is 1.07 bits per heavy atom. The summed E-state index contributed by atoms with van der Waals surface area (Å²) < 4.78 is 28.0. The van der Waals surface area contributed by atoms with Crippen LogP contribution in [0.2, 0.25) is 0 Å². The third-order valence-electron chi connectivity index (χ3n) is 12.0. The van der Waals surface area contributed by atoms with Gasteiger partial charge in [0.2, 0.25) is 0 Å². The number of hydrogen-bond donors (Lipinski definition) is 6. The van der Waals surface area contributed by atoms with Gasteiger partial charge in [-0.1, -0.05) is 32.0 Å². The van der Waals surface area contributed by atoms with E-state index in [1.54, 1.807) is 18.2 Å². The monoisotopic (exact) mass is 751 g/mol. The molecule has 0 spiro atoms.